The number of aldehydes is 1. The number of carbonyl (C=O) groups is 3. The third-order valence-corrected chi connectivity index (χ3v) is 8.90. The fourth-order valence-corrected chi connectivity index (χ4v) is 5.70. The first kappa shape index (κ1) is 46.4. The molecular weight excluding hydrogens is 637 g/mol. The maximum atomic E-state index is 12.5. The normalized spacial score (nSPS) is 14.5. The summed E-state index contributed by atoms with van der Waals surface area (Å²) in [6.07, 6.45) is 22.1. The molecule has 0 saturated carbocycles. The van der Waals surface area contributed by atoms with E-state index in [1.807, 2.05) is 21.1 Å². The van der Waals surface area contributed by atoms with Crippen LogP contribution < -0.4 is 4.89 Å². The van der Waals surface area contributed by atoms with Crippen molar-refractivity contribution in [3.05, 3.63) is 12.2 Å². The van der Waals surface area contributed by atoms with Crippen LogP contribution in [-0.2, 0) is 37.5 Å². The molecule has 48 heavy (non-hydrogen) atoms. The molecule has 0 aromatic rings. The minimum absolute atomic E-state index is 0.0583. The molecule has 1 N–H and O–H groups in total. The Bertz CT molecular complexity index is 892. The van der Waals surface area contributed by atoms with E-state index in [2.05, 4.69) is 6.92 Å². The summed E-state index contributed by atoms with van der Waals surface area (Å²) in [5.74, 6) is -0.951. The molecule has 2 unspecified atom stereocenters. The molecule has 0 radical (unpaired) electrons. The standard InChI is InChI=1S/C36H68NO10P/c1-5-6-7-8-9-10-11-12-13-14-15-18-21-26-35(40)44-31-34(32-46-48(42,43)45-30-28-37(2,3)4)47-36(41)27-22-19-16-17-20-24-33(39)25-23-29-38/h23,25,29,33-34,39H,5-22,24,26-28,30-32H2,1-4H3/b25-23+/t33?,34-/m1/s1. The van der Waals surface area contributed by atoms with Crippen molar-refractivity contribution in [3.8, 4) is 0 Å². The molecule has 0 aliphatic carbocycles. The number of hydrogen-bond donors (Lipinski definition) is 1. The highest BCUT2D eigenvalue weighted by molar-refractivity contribution is 7.45. The zero-order valence-electron chi connectivity index (χ0n) is 30.6. The number of carbonyl (C=O) groups excluding carboxylic acids is 3. The van der Waals surface area contributed by atoms with Gasteiger partial charge in [-0.25, -0.2) is 0 Å². The zero-order valence-corrected chi connectivity index (χ0v) is 31.5. The van der Waals surface area contributed by atoms with Gasteiger partial charge in [-0.1, -0.05) is 116 Å². The van der Waals surface area contributed by atoms with Crippen LogP contribution in [0.5, 0.6) is 0 Å². The van der Waals surface area contributed by atoms with Crippen LogP contribution in [0.3, 0.4) is 0 Å². The fourth-order valence-electron chi connectivity index (χ4n) is 4.97. The number of likely N-dealkylation sites (N-methyl/N-ethyl adjacent to an activating group) is 1. The average molecular weight is 706 g/mol. The lowest BCUT2D eigenvalue weighted by Crippen LogP contribution is -2.37. The second-order valence-corrected chi connectivity index (χ2v) is 15.2. The number of quaternary nitrogens is 1. The first-order valence-corrected chi connectivity index (χ1v) is 19.9. The molecule has 0 fully saturated rings. The van der Waals surface area contributed by atoms with Gasteiger partial charge in [0.05, 0.1) is 33.9 Å². The number of aliphatic hydroxyl groups excluding tert-OH is 1. The number of phosphoric acid groups is 1. The van der Waals surface area contributed by atoms with E-state index in [0.717, 1.165) is 44.9 Å². The summed E-state index contributed by atoms with van der Waals surface area (Å²) in [7, 11) is 1.07. The lowest BCUT2D eigenvalue weighted by molar-refractivity contribution is -0.870. The number of unbranched alkanes of at least 4 members (excludes halogenated alkanes) is 16. The second-order valence-electron chi connectivity index (χ2n) is 13.8. The first-order chi connectivity index (χ1) is 22.9. The van der Waals surface area contributed by atoms with E-state index in [9.17, 15) is 28.9 Å². The number of aliphatic hydroxyl groups is 1. The fraction of sp³-hybridized carbons (Fsp3) is 0.861. The summed E-state index contributed by atoms with van der Waals surface area (Å²) in [5.41, 5.74) is 0. The molecule has 0 amide bonds. The van der Waals surface area contributed by atoms with Crippen LogP contribution in [0.4, 0.5) is 0 Å². The van der Waals surface area contributed by atoms with E-state index >= 15 is 0 Å². The monoisotopic (exact) mass is 705 g/mol. The smallest absolute Gasteiger partial charge is 0.306 e. The average Bonchev–Trinajstić information content (AvgIpc) is 3.02. The molecule has 3 atom stereocenters. The Morgan fingerprint density at radius 1 is 0.750 bits per heavy atom. The third kappa shape index (κ3) is 32.9. The Hall–Kier alpha value is -1.62. The molecule has 0 aromatic carbocycles. The Morgan fingerprint density at radius 3 is 1.77 bits per heavy atom. The van der Waals surface area contributed by atoms with Gasteiger partial charge in [-0.05, 0) is 25.3 Å². The first-order valence-electron chi connectivity index (χ1n) is 18.4. The van der Waals surface area contributed by atoms with Crippen molar-refractivity contribution in [2.24, 2.45) is 0 Å². The van der Waals surface area contributed by atoms with Gasteiger partial charge in [0, 0.05) is 12.8 Å². The van der Waals surface area contributed by atoms with E-state index in [4.69, 9.17) is 18.5 Å². The third-order valence-electron chi connectivity index (χ3n) is 7.94. The lowest BCUT2D eigenvalue weighted by atomic mass is 10.0. The Labute approximate surface area is 291 Å². The number of allylic oxidation sites excluding steroid dienone is 1. The van der Waals surface area contributed by atoms with Gasteiger partial charge in [0.15, 0.2) is 6.10 Å². The summed E-state index contributed by atoms with van der Waals surface area (Å²) < 4.78 is 33.5. The summed E-state index contributed by atoms with van der Waals surface area (Å²) in [4.78, 5) is 47.5. The quantitative estimate of drug-likeness (QED) is 0.0186. The molecule has 0 rings (SSSR count). The van der Waals surface area contributed by atoms with Crippen LogP contribution >= 0.6 is 7.82 Å². The summed E-state index contributed by atoms with van der Waals surface area (Å²) in [5, 5.41) is 9.72. The second kappa shape index (κ2) is 30.2. The number of phosphoric ester groups is 1. The molecule has 0 aromatic heterocycles. The van der Waals surface area contributed by atoms with Crippen molar-refractivity contribution in [2.75, 3.05) is 47.5 Å². The predicted octanol–water partition coefficient (Wildman–Crippen LogP) is 6.98. The SMILES string of the molecule is CCCCCCCCCCCCCCCC(=O)OC[C@H](COP(=O)([O-])OCC[N+](C)(C)C)OC(=O)CCCCCCCC(O)/C=C/C=O. The van der Waals surface area contributed by atoms with Gasteiger partial charge in [0.25, 0.3) is 7.82 Å². The molecule has 0 bridgehead atoms. The van der Waals surface area contributed by atoms with E-state index in [1.165, 1.54) is 69.9 Å². The van der Waals surface area contributed by atoms with E-state index in [-0.39, 0.29) is 26.1 Å². The van der Waals surface area contributed by atoms with Crippen molar-refractivity contribution in [2.45, 2.75) is 154 Å². The lowest BCUT2D eigenvalue weighted by Gasteiger charge is -2.28. The molecule has 0 saturated heterocycles. The van der Waals surface area contributed by atoms with Crippen LogP contribution in [0.1, 0.15) is 142 Å². The van der Waals surface area contributed by atoms with E-state index in [0.29, 0.717) is 36.6 Å². The largest absolute Gasteiger partial charge is 0.756 e. The van der Waals surface area contributed by atoms with Crippen LogP contribution in [0.15, 0.2) is 12.2 Å². The summed E-state index contributed by atoms with van der Waals surface area (Å²) in [6, 6.07) is 0. The van der Waals surface area contributed by atoms with Gasteiger partial charge in [-0.3, -0.25) is 18.9 Å². The van der Waals surface area contributed by atoms with Gasteiger partial charge < -0.3 is 33.0 Å². The Morgan fingerprint density at radius 2 is 1.25 bits per heavy atom. The molecule has 0 spiro atoms. The van der Waals surface area contributed by atoms with Crippen molar-refractivity contribution in [1.29, 1.82) is 0 Å². The number of nitrogens with zero attached hydrogens (tertiary/aromatic N) is 1. The van der Waals surface area contributed by atoms with Crippen LogP contribution in [0.2, 0.25) is 0 Å². The maximum absolute atomic E-state index is 12.5. The number of rotatable bonds is 34. The topological polar surface area (TPSA) is 148 Å². The van der Waals surface area contributed by atoms with Gasteiger partial charge in [0.2, 0.25) is 0 Å². The number of hydrogen-bond acceptors (Lipinski definition) is 10. The van der Waals surface area contributed by atoms with Crippen LogP contribution in [-0.4, -0.2) is 87.5 Å². The molecule has 0 aliphatic rings. The minimum Gasteiger partial charge on any atom is -0.756 e. The minimum atomic E-state index is -4.65. The number of esters is 2. The number of ether oxygens (including phenoxy) is 2. The highest BCUT2D eigenvalue weighted by Gasteiger charge is 2.21. The molecule has 12 heteroatoms. The summed E-state index contributed by atoms with van der Waals surface area (Å²) in [6.45, 7) is 1.81. The van der Waals surface area contributed by atoms with Crippen molar-refractivity contribution < 1.29 is 52.0 Å². The summed E-state index contributed by atoms with van der Waals surface area (Å²) >= 11 is 0. The Balaban J connectivity index is 4.46. The highest BCUT2D eigenvalue weighted by atomic mass is 31.2. The van der Waals surface area contributed by atoms with E-state index in [1.54, 1.807) is 0 Å². The van der Waals surface area contributed by atoms with Gasteiger partial charge in [-0.15, -0.1) is 0 Å². The Kier molecular flexibility index (Phi) is 29.2. The van der Waals surface area contributed by atoms with Gasteiger partial charge in [0.1, 0.15) is 26.0 Å². The molecule has 0 aliphatic heterocycles. The van der Waals surface area contributed by atoms with Gasteiger partial charge in [-0.2, -0.15) is 0 Å². The van der Waals surface area contributed by atoms with Crippen molar-refractivity contribution >= 4 is 26.0 Å². The zero-order chi connectivity index (χ0) is 35.9. The van der Waals surface area contributed by atoms with Crippen molar-refractivity contribution in [1.82, 2.24) is 0 Å². The highest BCUT2D eigenvalue weighted by Crippen LogP contribution is 2.38. The van der Waals surface area contributed by atoms with Crippen LogP contribution in [0.25, 0.3) is 0 Å². The molecule has 0 heterocycles. The van der Waals surface area contributed by atoms with Crippen LogP contribution in [0, 0.1) is 0 Å². The van der Waals surface area contributed by atoms with Gasteiger partial charge >= 0.3 is 11.9 Å². The van der Waals surface area contributed by atoms with E-state index < -0.39 is 38.6 Å². The predicted molar refractivity (Wildman–Crippen MR) is 187 cm³/mol. The molecular formula is C36H68NO10P. The van der Waals surface area contributed by atoms with Crippen molar-refractivity contribution in [3.63, 3.8) is 0 Å². The molecule has 11 nitrogen and oxygen atoms in total. The molecule has 282 valence electrons. The maximum Gasteiger partial charge on any atom is 0.306 e.